The zero-order valence-electron chi connectivity index (χ0n) is 9.98. The number of nitrogens with two attached hydrogens (primary N) is 1. The monoisotopic (exact) mass is 253 g/mol. The molecule has 1 aromatic carbocycles. The van der Waals surface area contributed by atoms with E-state index < -0.39 is 17.7 Å². The molecule has 0 fully saturated rings. The number of phenolic OH excluding ortho intramolecular Hbond substituents is 1. The molecule has 0 amide bonds. The summed E-state index contributed by atoms with van der Waals surface area (Å²) in [6, 6.07) is 2.87. The smallest absolute Gasteiger partial charge is 0.267 e. The number of hydrogen-bond acceptors (Lipinski definition) is 3. The van der Waals surface area contributed by atoms with Crippen LogP contribution in [-0.2, 0) is 7.05 Å². The zero-order chi connectivity index (χ0) is 13.4. The summed E-state index contributed by atoms with van der Waals surface area (Å²) in [7, 11) is 1.64. The first-order valence-corrected chi connectivity index (χ1v) is 5.31. The van der Waals surface area contributed by atoms with Crippen molar-refractivity contribution in [2.45, 2.75) is 13.3 Å². The van der Waals surface area contributed by atoms with Crippen LogP contribution in [0.5, 0.6) is 5.75 Å². The van der Waals surface area contributed by atoms with Crippen molar-refractivity contribution in [2.24, 2.45) is 7.05 Å². The fraction of sp³-hybridized carbons (Fsp3) is 0.250. The van der Waals surface area contributed by atoms with E-state index in [2.05, 4.69) is 5.10 Å². The van der Waals surface area contributed by atoms with Gasteiger partial charge < -0.3 is 10.8 Å². The van der Waals surface area contributed by atoms with Gasteiger partial charge in [-0.3, -0.25) is 4.68 Å². The van der Waals surface area contributed by atoms with Crippen molar-refractivity contribution >= 4 is 5.82 Å². The first-order chi connectivity index (χ1) is 8.41. The van der Waals surface area contributed by atoms with Gasteiger partial charge in [-0.05, 0) is 24.6 Å². The Kier molecular flexibility index (Phi) is 2.94. The number of anilines is 1. The number of halogens is 2. The molecule has 2 aromatic rings. The van der Waals surface area contributed by atoms with Crippen LogP contribution in [0.15, 0.2) is 18.3 Å². The van der Waals surface area contributed by atoms with Crippen LogP contribution in [0.2, 0.25) is 0 Å². The Morgan fingerprint density at radius 1 is 1.33 bits per heavy atom. The molecule has 0 aliphatic heterocycles. The highest BCUT2D eigenvalue weighted by Gasteiger charge is 2.20. The zero-order valence-corrected chi connectivity index (χ0v) is 9.98. The van der Waals surface area contributed by atoms with Crippen molar-refractivity contribution in [1.29, 1.82) is 0 Å². The van der Waals surface area contributed by atoms with E-state index in [0.29, 0.717) is 16.9 Å². The van der Waals surface area contributed by atoms with Gasteiger partial charge in [0.2, 0.25) is 0 Å². The summed E-state index contributed by atoms with van der Waals surface area (Å²) in [5, 5.41) is 13.8. The third-order valence-corrected chi connectivity index (χ3v) is 2.79. The van der Waals surface area contributed by atoms with Crippen LogP contribution < -0.4 is 5.73 Å². The van der Waals surface area contributed by atoms with Gasteiger partial charge in [0.25, 0.3) is 6.43 Å². The third kappa shape index (κ3) is 1.90. The minimum absolute atomic E-state index is 0.274. The van der Waals surface area contributed by atoms with Crippen LogP contribution in [0.4, 0.5) is 14.6 Å². The number of aromatic nitrogens is 2. The van der Waals surface area contributed by atoms with Crippen LogP contribution in [0, 0.1) is 6.92 Å². The molecule has 3 N–H and O–H groups in total. The Morgan fingerprint density at radius 3 is 2.50 bits per heavy atom. The summed E-state index contributed by atoms with van der Waals surface area (Å²) in [6.07, 6.45) is -1.29. The summed E-state index contributed by atoms with van der Waals surface area (Å²) in [5.41, 5.74) is 6.73. The topological polar surface area (TPSA) is 64.1 Å². The molecule has 0 saturated carbocycles. The Balaban J connectivity index is 2.68. The molecule has 0 bridgehead atoms. The Labute approximate surface area is 103 Å². The summed E-state index contributed by atoms with van der Waals surface area (Å²) in [6.45, 7) is 1.68. The van der Waals surface area contributed by atoms with Crippen LogP contribution >= 0.6 is 0 Å². The second kappa shape index (κ2) is 4.29. The molecule has 18 heavy (non-hydrogen) atoms. The van der Waals surface area contributed by atoms with Gasteiger partial charge in [0, 0.05) is 18.2 Å². The van der Waals surface area contributed by atoms with Crippen molar-refractivity contribution < 1.29 is 13.9 Å². The minimum atomic E-state index is -2.73. The maximum Gasteiger partial charge on any atom is 0.267 e. The lowest BCUT2D eigenvalue weighted by Gasteiger charge is -2.10. The standard InChI is InChI=1S/C12H13F2N3O/c1-6-3-7(9-5-16-17(2)12(9)15)10(18)8(4-6)11(13)14/h3-5,11,18H,15H2,1-2H3. The molecule has 96 valence electrons. The molecule has 4 nitrogen and oxygen atoms in total. The van der Waals surface area contributed by atoms with Gasteiger partial charge in [0.1, 0.15) is 11.6 Å². The largest absolute Gasteiger partial charge is 0.507 e. The van der Waals surface area contributed by atoms with Gasteiger partial charge in [0.15, 0.2) is 0 Å². The molecule has 0 aliphatic carbocycles. The molecule has 0 spiro atoms. The maximum atomic E-state index is 12.8. The van der Waals surface area contributed by atoms with E-state index in [1.165, 1.54) is 16.9 Å². The molecule has 0 unspecified atom stereocenters. The molecule has 6 heteroatoms. The third-order valence-electron chi connectivity index (χ3n) is 2.79. The highest BCUT2D eigenvalue weighted by Crippen LogP contribution is 2.39. The van der Waals surface area contributed by atoms with Gasteiger partial charge in [-0.25, -0.2) is 8.78 Å². The van der Waals surface area contributed by atoms with Gasteiger partial charge in [-0.1, -0.05) is 0 Å². The molecule has 0 atom stereocenters. The van der Waals surface area contributed by atoms with E-state index in [1.807, 2.05) is 0 Å². The van der Waals surface area contributed by atoms with E-state index in [-0.39, 0.29) is 5.56 Å². The number of aromatic hydroxyl groups is 1. The number of aryl methyl sites for hydroxylation is 2. The van der Waals surface area contributed by atoms with Gasteiger partial charge >= 0.3 is 0 Å². The number of nitrogens with zero attached hydrogens (tertiary/aromatic N) is 2. The molecular weight excluding hydrogens is 240 g/mol. The predicted octanol–water partition coefficient (Wildman–Crippen LogP) is 2.62. The van der Waals surface area contributed by atoms with Crippen molar-refractivity contribution in [3.63, 3.8) is 0 Å². The molecular formula is C12H13F2N3O. The molecule has 1 heterocycles. The lowest BCUT2D eigenvalue weighted by Crippen LogP contribution is -1.98. The fourth-order valence-electron chi connectivity index (χ4n) is 1.83. The van der Waals surface area contributed by atoms with Crippen molar-refractivity contribution in [3.05, 3.63) is 29.5 Å². The van der Waals surface area contributed by atoms with Crippen molar-refractivity contribution in [2.75, 3.05) is 5.73 Å². The van der Waals surface area contributed by atoms with Crippen LogP contribution in [0.1, 0.15) is 17.6 Å². The number of benzene rings is 1. The number of hydrogen-bond donors (Lipinski definition) is 2. The van der Waals surface area contributed by atoms with Gasteiger partial charge in [-0.2, -0.15) is 5.10 Å². The second-order valence-corrected chi connectivity index (χ2v) is 4.12. The van der Waals surface area contributed by atoms with Crippen LogP contribution in [0.25, 0.3) is 11.1 Å². The lowest BCUT2D eigenvalue weighted by molar-refractivity contribution is 0.147. The number of rotatable bonds is 2. The first kappa shape index (κ1) is 12.3. The molecule has 0 radical (unpaired) electrons. The van der Waals surface area contributed by atoms with E-state index in [9.17, 15) is 13.9 Å². The highest BCUT2D eigenvalue weighted by molar-refractivity contribution is 5.79. The van der Waals surface area contributed by atoms with Crippen molar-refractivity contribution in [3.8, 4) is 16.9 Å². The van der Waals surface area contributed by atoms with E-state index in [4.69, 9.17) is 5.73 Å². The highest BCUT2D eigenvalue weighted by atomic mass is 19.3. The first-order valence-electron chi connectivity index (χ1n) is 5.31. The van der Waals surface area contributed by atoms with Crippen LogP contribution in [0.3, 0.4) is 0 Å². The molecule has 0 aliphatic rings. The van der Waals surface area contributed by atoms with Crippen LogP contribution in [-0.4, -0.2) is 14.9 Å². The SMILES string of the molecule is Cc1cc(-c2cnn(C)c2N)c(O)c(C(F)F)c1. The van der Waals surface area contributed by atoms with E-state index in [0.717, 1.165) is 0 Å². The Bertz CT molecular complexity index is 593. The summed E-state index contributed by atoms with van der Waals surface area (Å²) < 4.78 is 27.0. The predicted molar refractivity (Wildman–Crippen MR) is 64.4 cm³/mol. The normalized spacial score (nSPS) is 11.2. The van der Waals surface area contributed by atoms with Gasteiger partial charge in [-0.15, -0.1) is 0 Å². The number of nitrogen functional groups attached to an aromatic ring is 1. The second-order valence-electron chi connectivity index (χ2n) is 4.12. The fourth-order valence-corrected chi connectivity index (χ4v) is 1.83. The van der Waals surface area contributed by atoms with E-state index in [1.54, 1.807) is 20.0 Å². The van der Waals surface area contributed by atoms with Crippen molar-refractivity contribution in [1.82, 2.24) is 9.78 Å². The number of phenols is 1. The lowest BCUT2D eigenvalue weighted by atomic mass is 10.0. The quantitative estimate of drug-likeness (QED) is 0.864. The summed E-state index contributed by atoms with van der Waals surface area (Å²) in [5.74, 6) is -0.133. The maximum absolute atomic E-state index is 12.8. The molecule has 0 saturated heterocycles. The summed E-state index contributed by atoms with van der Waals surface area (Å²) >= 11 is 0. The number of alkyl halides is 2. The Morgan fingerprint density at radius 2 is 2.00 bits per heavy atom. The van der Waals surface area contributed by atoms with E-state index >= 15 is 0 Å². The average molecular weight is 253 g/mol. The average Bonchev–Trinajstić information content (AvgIpc) is 2.62. The van der Waals surface area contributed by atoms with Gasteiger partial charge in [0.05, 0.1) is 11.8 Å². The molecule has 2 rings (SSSR count). The Hall–Kier alpha value is -2.11. The molecule has 1 aromatic heterocycles. The summed E-state index contributed by atoms with van der Waals surface area (Å²) in [4.78, 5) is 0. The minimum Gasteiger partial charge on any atom is -0.507 e.